The number of benzene rings is 1. The van der Waals surface area contributed by atoms with E-state index in [9.17, 15) is 17.2 Å². The van der Waals surface area contributed by atoms with E-state index in [0.29, 0.717) is 17.1 Å². The number of aryl methyl sites for hydroxylation is 2. The summed E-state index contributed by atoms with van der Waals surface area (Å²) in [7, 11) is -4.31. The number of thiazole rings is 1. The fraction of sp³-hybridized carbons (Fsp3) is 0.250. The second-order valence-electron chi connectivity index (χ2n) is 4.30. The molecule has 0 atom stereocenters. The van der Waals surface area contributed by atoms with E-state index in [0.717, 1.165) is 10.6 Å². The smallest absolute Gasteiger partial charge is 0.241 e. The van der Waals surface area contributed by atoms with Gasteiger partial charge in [-0.15, -0.1) is 11.3 Å². The number of nitrogens with zero attached hydrogens (tertiary/aromatic N) is 1. The Morgan fingerprint density at radius 1 is 1.33 bits per heavy atom. The number of rotatable bonds is 4. The third kappa shape index (κ3) is 3.55. The van der Waals surface area contributed by atoms with Crippen molar-refractivity contribution in [2.75, 3.05) is 0 Å². The van der Waals surface area contributed by atoms with E-state index in [1.165, 1.54) is 11.3 Å². The number of aromatic nitrogens is 1. The highest BCUT2D eigenvalue weighted by molar-refractivity contribution is 7.89. The van der Waals surface area contributed by atoms with Gasteiger partial charge in [-0.05, 0) is 19.9 Å². The molecule has 2 aromatic rings. The summed E-state index contributed by atoms with van der Waals surface area (Å²) in [5, 5.41) is 5.49. The number of nitrogens with two attached hydrogens (primary N) is 1. The summed E-state index contributed by atoms with van der Waals surface area (Å²) in [6.07, 6.45) is 0. The average molecular weight is 334 g/mol. The van der Waals surface area contributed by atoms with E-state index in [-0.39, 0.29) is 6.61 Å². The van der Waals surface area contributed by atoms with Crippen LogP contribution in [-0.4, -0.2) is 13.4 Å². The SMILES string of the molecule is Cc1nc(COc2c(F)cc(F)cc2S(N)(=O)=O)sc1C. The molecule has 114 valence electrons. The molecule has 1 heterocycles. The zero-order valence-corrected chi connectivity index (χ0v) is 12.8. The fourth-order valence-electron chi connectivity index (χ4n) is 1.62. The van der Waals surface area contributed by atoms with Crippen LogP contribution in [0.1, 0.15) is 15.6 Å². The Morgan fingerprint density at radius 3 is 2.52 bits per heavy atom. The van der Waals surface area contributed by atoms with Crippen LogP contribution in [0.4, 0.5) is 8.78 Å². The lowest BCUT2D eigenvalue weighted by Crippen LogP contribution is -2.15. The van der Waals surface area contributed by atoms with E-state index < -0.39 is 32.3 Å². The maximum absolute atomic E-state index is 13.7. The number of sulfonamides is 1. The summed E-state index contributed by atoms with van der Waals surface area (Å²) in [5.74, 6) is -2.79. The molecule has 1 aromatic carbocycles. The van der Waals surface area contributed by atoms with E-state index in [1.54, 1.807) is 0 Å². The Bertz CT molecular complexity index is 769. The summed E-state index contributed by atoms with van der Waals surface area (Å²) < 4.78 is 54.8. The molecule has 0 radical (unpaired) electrons. The van der Waals surface area contributed by atoms with Crippen LogP contribution in [0.15, 0.2) is 17.0 Å². The van der Waals surface area contributed by atoms with Crippen molar-refractivity contribution in [3.05, 3.63) is 39.3 Å². The molecule has 2 rings (SSSR count). The summed E-state index contributed by atoms with van der Waals surface area (Å²) in [6.45, 7) is 3.54. The average Bonchev–Trinajstić information content (AvgIpc) is 2.65. The summed E-state index contributed by atoms with van der Waals surface area (Å²) in [6, 6.07) is 1.15. The zero-order chi connectivity index (χ0) is 15.8. The number of ether oxygens (including phenoxy) is 1. The van der Waals surface area contributed by atoms with Crippen molar-refractivity contribution in [3.63, 3.8) is 0 Å². The molecule has 0 amide bonds. The van der Waals surface area contributed by atoms with E-state index in [1.807, 2.05) is 13.8 Å². The minimum Gasteiger partial charge on any atom is -0.482 e. The van der Waals surface area contributed by atoms with Crippen LogP contribution in [0, 0.1) is 25.5 Å². The Kier molecular flexibility index (Phi) is 4.26. The molecule has 0 unspecified atom stereocenters. The van der Waals surface area contributed by atoms with Gasteiger partial charge in [0.15, 0.2) is 11.6 Å². The fourth-order valence-corrected chi connectivity index (χ4v) is 3.16. The summed E-state index contributed by atoms with van der Waals surface area (Å²) in [4.78, 5) is 4.42. The highest BCUT2D eigenvalue weighted by Gasteiger charge is 2.21. The monoisotopic (exact) mass is 334 g/mol. The van der Waals surface area contributed by atoms with Crippen molar-refractivity contribution in [2.24, 2.45) is 5.14 Å². The van der Waals surface area contributed by atoms with Crippen molar-refractivity contribution in [3.8, 4) is 5.75 Å². The van der Waals surface area contributed by atoms with Gasteiger partial charge in [-0.1, -0.05) is 0 Å². The molecular formula is C12H12F2N2O3S2. The highest BCUT2D eigenvalue weighted by Crippen LogP contribution is 2.29. The van der Waals surface area contributed by atoms with Crippen molar-refractivity contribution in [1.82, 2.24) is 4.98 Å². The second-order valence-corrected chi connectivity index (χ2v) is 7.12. The van der Waals surface area contributed by atoms with Crippen LogP contribution in [0.5, 0.6) is 5.75 Å². The maximum Gasteiger partial charge on any atom is 0.241 e. The molecule has 0 aliphatic heterocycles. The molecule has 5 nitrogen and oxygen atoms in total. The lowest BCUT2D eigenvalue weighted by Gasteiger charge is -2.10. The van der Waals surface area contributed by atoms with E-state index >= 15 is 0 Å². The molecule has 0 saturated heterocycles. The molecule has 0 saturated carbocycles. The largest absolute Gasteiger partial charge is 0.482 e. The predicted molar refractivity (Wildman–Crippen MR) is 73.7 cm³/mol. The Labute approximate surface area is 124 Å². The van der Waals surface area contributed by atoms with Crippen LogP contribution >= 0.6 is 11.3 Å². The first-order chi connectivity index (χ1) is 9.68. The van der Waals surface area contributed by atoms with Crippen molar-refractivity contribution in [2.45, 2.75) is 25.3 Å². The van der Waals surface area contributed by atoms with Crippen LogP contribution in [0.25, 0.3) is 0 Å². The number of primary sulfonamides is 1. The van der Waals surface area contributed by atoms with Crippen molar-refractivity contribution < 1.29 is 21.9 Å². The second kappa shape index (κ2) is 5.66. The first-order valence-electron chi connectivity index (χ1n) is 5.76. The van der Waals surface area contributed by atoms with Gasteiger partial charge in [0.1, 0.15) is 22.3 Å². The minimum absolute atomic E-state index is 0.135. The van der Waals surface area contributed by atoms with Gasteiger partial charge in [0, 0.05) is 10.9 Å². The third-order valence-electron chi connectivity index (χ3n) is 2.69. The lowest BCUT2D eigenvalue weighted by atomic mass is 10.3. The van der Waals surface area contributed by atoms with E-state index in [2.05, 4.69) is 4.98 Å². The quantitative estimate of drug-likeness (QED) is 0.930. The summed E-state index contributed by atoms with van der Waals surface area (Å²) >= 11 is 1.34. The van der Waals surface area contributed by atoms with Crippen LogP contribution in [-0.2, 0) is 16.6 Å². The molecule has 1 aromatic heterocycles. The van der Waals surface area contributed by atoms with Crippen molar-refractivity contribution >= 4 is 21.4 Å². The van der Waals surface area contributed by atoms with Gasteiger partial charge < -0.3 is 4.74 Å². The molecule has 2 N–H and O–H groups in total. The summed E-state index contributed by atoms with van der Waals surface area (Å²) in [5.41, 5.74) is 0.810. The van der Waals surface area contributed by atoms with Gasteiger partial charge in [-0.2, -0.15) is 0 Å². The molecule has 0 aliphatic rings. The number of hydrogen-bond donors (Lipinski definition) is 1. The molecule has 21 heavy (non-hydrogen) atoms. The van der Waals surface area contributed by atoms with Gasteiger partial charge in [-0.25, -0.2) is 27.3 Å². The van der Waals surface area contributed by atoms with Crippen LogP contribution in [0.3, 0.4) is 0 Å². The normalized spacial score (nSPS) is 11.7. The molecule has 0 bridgehead atoms. The Hall–Kier alpha value is -1.58. The topological polar surface area (TPSA) is 82.3 Å². The third-order valence-corrected chi connectivity index (χ3v) is 4.66. The Morgan fingerprint density at radius 2 is 2.00 bits per heavy atom. The van der Waals surface area contributed by atoms with E-state index in [4.69, 9.17) is 9.88 Å². The highest BCUT2D eigenvalue weighted by atomic mass is 32.2. The molecule has 9 heteroatoms. The zero-order valence-electron chi connectivity index (χ0n) is 11.2. The number of halogens is 2. The first-order valence-corrected chi connectivity index (χ1v) is 8.12. The molecule has 0 fully saturated rings. The van der Waals surface area contributed by atoms with Gasteiger partial charge in [0.25, 0.3) is 0 Å². The van der Waals surface area contributed by atoms with Gasteiger partial charge in [0.05, 0.1) is 5.69 Å². The Balaban J connectivity index is 2.35. The van der Waals surface area contributed by atoms with Gasteiger partial charge in [-0.3, -0.25) is 0 Å². The van der Waals surface area contributed by atoms with Crippen molar-refractivity contribution in [1.29, 1.82) is 0 Å². The lowest BCUT2D eigenvalue weighted by molar-refractivity contribution is 0.279. The van der Waals surface area contributed by atoms with Crippen LogP contribution < -0.4 is 9.88 Å². The first kappa shape index (κ1) is 15.8. The molecule has 0 spiro atoms. The molecular weight excluding hydrogens is 322 g/mol. The van der Waals surface area contributed by atoms with Gasteiger partial charge in [0.2, 0.25) is 10.0 Å². The van der Waals surface area contributed by atoms with Crippen LogP contribution in [0.2, 0.25) is 0 Å². The van der Waals surface area contributed by atoms with Gasteiger partial charge >= 0.3 is 0 Å². The predicted octanol–water partition coefficient (Wildman–Crippen LogP) is 2.26. The maximum atomic E-state index is 13.7. The molecule has 0 aliphatic carbocycles. The minimum atomic E-state index is -4.31. The number of hydrogen-bond acceptors (Lipinski definition) is 5. The standard InChI is InChI=1S/C12H12F2N2O3S2/c1-6-7(2)20-11(16-6)5-19-12-9(14)3-8(13)4-10(12)21(15,17)18/h3-4H,5H2,1-2H3,(H2,15,17,18).